The summed E-state index contributed by atoms with van der Waals surface area (Å²) in [4.78, 5) is 31.0. The van der Waals surface area contributed by atoms with Crippen molar-refractivity contribution in [1.29, 1.82) is 0 Å². The van der Waals surface area contributed by atoms with Crippen LogP contribution in [0.2, 0.25) is 0 Å². The number of amides is 1. The second kappa shape index (κ2) is 67.7. The second-order valence-electron chi connectivity index (χ2n) is 19.4. The molecule has 0 saturated heterocycles. The molecule has 0 saturated carbocycles. The molecule has 65 heavy (non-hydrogen) atoms. The summed E-state index contributed by atoms with van der Waals surface area (Å²) in [6, 6.07) is 0. The number of primary amides is 1. The van der Waals surface area contributed by atoms with Crippen molar-refractivity contribution in [2.24, 2.45) is 5.73 Å². The summed E-state index contributed by atoms with van der Waals surface area (Å²) in [7, 11) is 0. The number of hydrogen-bond acceptors (Lipinski definition) is 5. The predicted molar refractivity (Wildman–Crippen MR) is 282 cm³/mol. The van der Waals surface area contributed by atoms with Crippen LogP contribution < -0.4 is 15.9 Å². The molecule has 2 N–H and O–H groups in total. The minimum atomic E-state index is -0.903. The molecule has 6 nitrogen and oxygen atoms in total. The van der Waals surface area contributed by atoms with Gasteiger partial charge in [-0.05, 0) is 57.8 Å². The summed E-state index contributed by atoms with van der Waals surface area (Å²) in [6.07, 6.45) is 67.5. The monoisotopic (exact) mass is 944 g/mol. The summed E-state index contributed by atoms with van der Waals surface area (Å²) >= 11 is 0. The standard InChI is InChI=1S/C22H43NO.2C18H36O2.Ca/c1-2-3-4-5-6-7-8-9-10-11-12-13-14-15-16-17-18-19-20-21-22(23)24;2*1-2-3-4-5-6-7-8-9-10-11-12-13-14-15-16-17-18(19)20;/h9-10H,2-8,11-21H2,1H3,(H2,23,24);2*2-17H2,1H3,(H,19,20);/q;;;+2/p-2/b10-9-;;;. The normalized spacial score (nSPS) is 10.9. The van der Waals surface area contributed by atoms with Gasteiger partial charge in [-0.15, -0.1) is 0 Å². The number of nitrogens with two attached hydrogens (primary N) is 1. The minimum absolute atomic E-state index is 0. The smallest absolute Gasteiger partial charge is 0.550 e. The van der Waals surface area contributed by atoms with E-state index in [4.69, 9.17) is 5.73 Å². The van der Waals surface area contributed by atoms with Crippen LogP contribution in [-0.4, -0.2) is 55.6 Å². The third-order valence-electron chi connectivity index (χ3n) is 12.7. The maximum atomic E-state index is 10.6. The van der Waals surface area contributed by atoms with Gasteiger partial charge in [-0.3, -0.25) is 4.79 Å². The van der Waals surface area contributed by atoms with Crippen LogP contribution in [0.1, 0.15) is 342 Å². The quantitative estimate of drug-likeness (QED) is 0.0370. The Labute approximate surface area is 436 Å². The van der Waals surface area contributed by atoms with Crippen LogP contribution in [-0.2, 0) is 14.4 Å². The van der Waals surface area contributed by atoms with Gasteiger partial charge in [0.25, 0.3) is 0 Å². The van der Waals surface area contributed by atoms with Gasteiger partial charge < -0.3 is 25.5 Å². The van der Waals surface area contributed by atoms with E-state index in [1.165, 1.54) is 263 Å². The zero-order valence-electron chi connectivity index (χ0n) is 44.3. The summed E-state index contributed by atoms with van der Waals surface area (Å²) in [5.41, 5.74) is 5.13. The van der Waals surface area contributed by atoms with Crippen molar-refractivity contribution in [3.8, 4) is 0 Å². The largest absolute Gasteiger partial charge is 2.00 e. The number of hydrogen-bond donors (Lipinski definition) is 1. The third kappa shape index (κ3) is 80.8. The van der Waals surface area contributed by atoms with Gasteiger partial charge in [0.15, 0.2) is 0 Å². The number of carboxylic acids is 2. The molecule has 0 bridgehead atoms. The van der Waals surface area contributed by atoms with Crippen LogP contribution in [0.25, 0.3) is 0 Å². The van der Waals surface area contributed by atoms with Crippen LogP contribution in [0.15, 0.2) is 12.2 Å². The molecule has 382 valence electrons. The van der Waals surface area contributed by atoms with E-state index in [0.29, 0.717) is 6.42 Å². The number of carbonyl (C=O) groups excluding carboxylic acids is 3. The first-order valence-corrected chi connectivity index (χ1v) is 28.6. The maximum Gasteiger partial charge on any atom is 2.00 e. The molecule has 0 aliphatic heterocycles. The summed E-state index contributed by atoms with van der Waals surface area (Å²) in [5.74, 6) is -1.96. The molecule has 0 unspecified atom stereocenters. The Balaban J connectivity index is -0.000000429. The molecule has 0 rings (SSSR count). The first-order chi connectivity index (χ1) is 31.3. The molecule has 1 amide bonds. The Hall–Kier alpha value is -0.590. The van der Waals surface area contributed by atoms with Crippen molar-refractivity contribution in [1.82, 2.24) is 0 Å². The van der Waals surface area contributed by atoms with Crippen molar-refractivity contribution in [2.45, 2.75) is 342 Å². The average molecular weight is 945 g/mol. The van der Waals surface area contributed by atoms with Crippen LogP contribution in [0, 0.1) is 0 Å². The van der Waals surface area contributed by atoms with Gasteiger partial charge in [0.1, 0.15) is 0 Å². The number of carboxylic acid groups (broad SMARTS) is 2. The Morgan fingerprint density at radius 3 is 0.646 bits per heavy atom. The molecule has 0 radical (unpaired) electrons. The van der Waals surface area contributed by atoms with Gasteiger partial charge >= 0.3 is 37.7 Å². The Kier molecular flexibility index (Phi) is 73.9. The molecule has 0 spiro atoms. The van der Waals surface area contributed by atoms with E-state index in [9.17, 15) is 24.6 Å². The second-order valence-corrected chi connectivity index (χ2v) is 19.4. The molecule has 0 aromatic heterocycles. The molecule has 0 heterocycles. The van der Waals surface area contributed by atoms with Crippen LogP contribution >= 0.6 is 0 Å². The zero-order chi connectivity index (χ0) is 47.5. The SMILES string of the molecule is CCCCCCCC/C=C\CCCCCCCCCCCC(N)=O.CCCCCCCCCCCCCCCCCC(=O)[O-].CCCCCCCCCCCCCCCCCC(=O)[O-].[Ca+2]. The maximum absolute atomic E-state index is 10.6. The van der Waals surface area contributed by atoms with Gasteiger partial charge in [0.05, 0.1) is 0 Å². The van der Waals surface area contributed by atoms with Crippen LogP contribution in [0.4, 0.5) is 0 Å². The van der Waals surface area contributed by atoms with Gasteiger partial charge in [-0.25, -0.2) is 0 Å². The molecule has 0 aromatic carbocycles. The summed E-state index contributed by atoms with van der Waals surface area (Å²) in [5, 5.41) is 20.4. The van der Waals surface area contributed by atoms with E-state index in [1.807, 2.05) is 0 Å². The van der Waals surface area contributed by atoms with E-state index in [2.05, 4.69) is 32.9 Å². The first-order valence-electron chi connectivity index (χ1n) is 28.6. The fourth-order valence-electron chi connectivity index (χ4n) is 8.36. The van der Waals surface area contributed by atoms with E-state index in [-0.39, 0.29) is 56.5 Å². The van der Waals surface area contributed by atoms with E-state index < -0.39 is 11.9 Å². The summed E-state index contributed by atoms with van der Waals surface area (Å²) in [6.45, 7) is 6.81. The Bertz CT molecular complexity index is 884. The van der Waals surface area contributed by atoms with Gasteiger partial charge in [0, 0.05) is 18.4 Å². The molecule has 0 aromatic rings. The molecule has 0 fully saturated rings. The van der Waals surface area contributed by atoms with Crippen molar-refractivity contribution in [3.63, 3.8) is 0 Å². The molecule has 0 aliphatic carbocycles. The topological polar surface area (TPSA) is 123 Å². The van der Waals surface area contributed by atoms with Crippen LogP contribution in [0.3, 0.4) is 0 Å². The summed E-state index contributed by atoms with van der Waals surface area (Å²) < 4.78 is 0. The van der Waals surface area contributed by atoms with Crippen molar-refractivity contribution < 1.29 is 24.6 Å². The number of allylic oxidation sites excluding steroid dienone is 2. The van der Waals surface area contributed by atoms with Crippen molar-refractivity contribution in [3.05, 3.63) is 12.2 Å². The predicted octanol–water partition coefficient (Wildman–Crippen LogP) is 16.7. The van der Waals surface area contributed by atoms with Gasteiger partial charge in [0.2, 0.25) is 5.91 Å². The van der Waals surface area contributed by atoms with Crippen molar-refractivity contribution in [2.75, 3.05) is 0 Å². The fraction of sp³-hybridized carbons (Fsp3) is 0.914. The molecule has 0 atom stereocenters. The number of unbranched alkanes of at least 4 members (excludes halogenated alkanes) is 43. The zero-order valence-corrected chi connectivity index (χ0v) is 46.5. The van der Waals surface area contributed by atoms with E-state index in [1.54, 1.807) is 0 Å². The molecular formula is C58H113CaNO5. The van der Waals surface area contributed by atoms with Gasteiger partial charge in [-0.2, -0.15) is 0 Å². The average Bonchev–Trinajstić information content (AvgIpc) is 3.27. The van der Waals surface area contributed by atoms with Crippen molar-refractivity contribution >= 4 is 55.6 Å². The minimum Gasteiger partial charge on any atom is -0.550 e. The molecular weight excluding hydrogens is 831 g/mol. The number of rotatable bonds is 51. The number of carbonyl (C=O) groups is 3. The fourth-order valence-corrected chi connectivity index (χ4v) is 8.36. The van der Waals surface area contributed by atoms with Crippen LogP contribution in [0.5, 0.6) is 0 Å². The Morgan fingerprint density at radius 1 is 0.292 bits per heavy atom. The van der Waals surface area contributed by atoms with Gasteiger partial charge in [-0.1, -0.05) is 290 Å². The number of aliphatic carboxylic acids is 2. The Morgan fingerprint density at radius 2 is 0.462 bits per heavy atom. The third-order valence-corrected chi connectivity index (χ3v) is 12.7. The first kappa shape index (κ1) is 71.0. The van der Waals surface area contributed by atoms with E-state index >= 15 is 0 Å². The molecule has 7 heteroatoms. The molecule has 0 aliphatic rings. The van der Waals surface area contributed by atoms with E-state index in [0.717, 1.165) is 38.5 Å².